The van der Waals surface area contributed by atoms with Crippen LogP contribution in [0.25, 0.3) is 0 Å². The van der Waals surface area contributed by atoms with Gasteiger partial charge in [-0.15, -0.1) is 0 Å². The number of halogens is 6. The second-order valence-electron chi connectivity index (χ2n) is 5.89. The zero-order valence-electron chi connectivity index (χ0n) is 14.4. The molecule has 0 amide bonds. The minimum atomic E-state index is -2.33. The molecule has 0 aromatic heterocycles. The van der Waals surface area contributed by atoms with E-state index in [1.54, 1.807) is 6.07 Å². The number of ether oxygens (including phenoxy) is 1. The lowest BCUT2D eigenvalue weighted by Gasteiger charge is -2.25. The Morgan fingerprint density at radius 2 is 1.66 bits per heavy atom. The number of nitriles is 2. The van der Waals surface area contributed by atoms with Crippen LogP contribution in [-0.4, -0.2) is 17.1 Å². The van der Waals surface area contributed by atoms with E-state index in [4.69, 9.17) is 33.8 Å². The van der Waals surface area contributed by atoms with E-state index in [2.05, 4.69) is 5.32 Å². The monoisotopic (exact) mass is 445 g/mol. The van der Waals surface area contributed by atoms with Crippen LogP contribution >= 0.6 is 23.8 Å². The second-order valence-corrected chi connectivity index (χ2v) is 6.70. The van der Waals surface area contributed by atoms with E-state index >= 15 is 0 Å². The molecule has 150 valence electrons. The van der Waals surface area contributed by atoms with Crippen molar-refractivity contribution in [3.05, 3.63) is 63.4 Å². The average molecular weight is 446 g/mol. The van der Waals surface area contributed by atoms with Crippen molar-refractivity contribution in [2.45, 2.75) is 12.5 Å². The molecule has 29 heavy (non-hydrogen) atoms. The zero-order valence-corrected chi connectivity index (χ0v) is 16.0. The van der Waals surface area contributed by atoms with E-state index in [9.17, 15) is 27.2 Å². The molecule has 0 spiro atoms. The van der Waals surface area contributed by atoms with Gasteiger partial charge in [-0.2, -0.15) is 10.5 Å². The zero-order chi connectivity index (χ0) is 21.9. The van der Waals surface area contributed by atoms with Gasteiger partial charge in [-0.25, -0.2) is 22.0 Å². The SMILES string of the molecule is C[C@@](C#N)(COc1cc(C#N)ccc1Cl)NC(=S)c1c(F)c(F)c(F)c(F)c1F. The van der Waals surface area contributed by atoms with Crippen molar-refractivity contribution < 1.29 is 26.7 Å². The number of benzene rings is 2. The van der Waals surface area contributed by atoms with Crippen LogP contribution in [0.15, 0.2) is 18.2 Å². The molecule has 0 aliphatic heterocycles. The molecular weight excluding hydrogens is 437 g/mol. The maximum absolute atomic E-state index is 13.9. The number of nitrogens with zero attached hydrogens (tertiary/aromatic N) is 2. The van der Waals surface area contributed by atoms with Crippen LogP contribution in [0.1, 0.15) is 18.1 Å². The van der Waals surface area contributed by atoms with E-state index < -0.39 is 51.8 Å². The summed E-state index contributed by atoms with van der Waals surface area (Å²) in [5.74, 6) is -10.9. The van der Waals surface area contributed by atoms with Gasteiger partial charge in [0.2, 0.25) is 5.82 Å². The third kappa shape index (κ3) is 4.56. The Bertz CT molecular complexity index is 1050. The largest absolute Gasteiger partial charge is 0.488 e. The quantitative estimate of drug-likeness (QED) is 0.317. The molecule has 0 aliphatic rings. The maximum atomic E-state index is 13.9. The summed E-state index contributed by atoms with van der Waals surface area (Å²) in [7, 11) is 0. The summed E-state index contributed by atoms with van der Waals surface area (Å²) in [4.78, 5) is -0.887. The molecule has 1 N–H and O–H groups in total. The smallest absolute Gasteiger partial charge is 0.200 e. The van der Waals surface area contributed by atoms with E-state index in [1.807, 2.05) is 6.07 Å². The highest BCUT2D eigenvalue weighted by Gasteiger charge is 2.32. The molecular formula is C18H9ClF5N3OS. The lowest BCUT2D eigenvalue weighted by Crippen LogP contribution is -2.49. The van der Waals surface area contributed by atoms with E-state index in [-0.39, 0.29) is 16.3 Å². The minimum absolute atomic E-state index is 0.0381. The standard InChI is InChI=1S/C18H9ClF5N3OS/c1-18(6-26,7-28-10-4-8(5-25)2-3-9(10)19)27-17(29)11-12(20)14(22)16(24)15(23)13(11)21/h2-4H,7H2,1H3,(H,27,29)/t18-/m1/s1. The Hall–Kier alpha value is -2.95. The van der Waals surface area contributed by atoms with Crippen LogP contribution in [0.2, 0.25) is 5.02 Å². The number of nitrogens with one attached hydrogen (secondary N) is 1. The fraction of sp³-hybridized carbons (Fsp3) is 0.167. The fourth-order valence-electron chi connectivity index (χ4n) is 2.12. The molecule has 0 saturated carbocycles. The van der Waals surface area contributed by atoms with Crippen molar-refractivity contribution in [3.8, 4) is 17.9 Å². The maximum Gasteiger partial charge on any atom is 0.200 e. The minimum Gasteiger partial charge on any atom is -0.488 e. The topological polar surface area (TPSA) is 68.8 Å². The molecule has 0 fully saturated rings. The van der Waals surface area contributed by atoms with Gasteiger partial charge in [-0.1, -0.05) is 23.8 Å². The lowest BCUT2D eigenvalue weighted by atomic mass is 10.0. The first-order valence-corrected chi connectivity index (χ1v) is 8.41. The molecule has 2 aromatic carbocycles. The molecule has 4 nitrogen and oxygen atoms in total. The van der Waals surface area contributed by atoms with E-state index in [1.165, 1.54) is 25.1 Å². The van der Waals surface area contributed by atoms with Crippen LogP contribution in [0, 0.1) is 51.7 Å². The summed E-state index contributed by atoms with van der Waals surface area (Å²) < 4.78 is 73.1. The van der Waals surface area contributed by atoms with Crippen molar-refractivity contribution in [2.75, 3.05) is 6.61 Å². The van der Waals surface area contributed by atoms with E-state index in [0.29, 0.717) is 0 Å². The van der Waals surface area contributed by atoms with Gasteiger partial charge in [-0.3, -0.25) is 0 Å². The number of hydrogen-bond acceptors (Lipinski definition) is 4. The first kappa shape index (κ1) is 22.3. The Balaban J connectivity index is 2.29. The highest BCUT2D eigenvalue weighted by Crippen LogP contribution is 2.27. The van der Waals surface area contributed by atoms with Crippen LogP contribution in [0.5, 0.6) is 5.75 Å². The van der Waals surface area contributed by atoms with Gasteiger partial charge in [-0.05, 0) is 25.1 Å². The Labute approximate surface area is 172 Å². The molecule has 0 heterocycles. The summed E-state index contributed by atoms with van der Waals surface area (Å²) in [5, 5.41) is 20.6. The second kappa shape index (κ2) is 8.60. The molecule has 0 unspecified atom stereocenters. The van der Waals surface area contributed by atoms with Crippen LogP contribution in [0.3, 0.4) is 0 Å². The van der Waals surface area contributed by atoms with Gasteiger partial charge in [0.25, 0.3) is 0 Å². The Kier molecular flexibility index (Phi) is 6.62. The predicted octanol–water partition coefficient (Wildman–Crippen LogP) is 4.53. The lowest BCUT2D eigenvalue weighted by molar-refractivity contribution is 0.251. The Morgan fingerprint density at radius 1 is 1.10 bits per heavy atom. The van der Waals surface area contributed by atoms with E-state index in [0.717, 1.165) is 0 Å². The van der Waals surface area contributed by atoms with Crippen molar-refractivity contribution in [3.63, 3.8) is 0 Å². The fourth-order valence-corrected chi connectivity index (χ4v) is 2.70. The number of rotatable bonds is 5. The van der Waals surface area contributed by atoms with Crippen molar-refractivity contribution >= 4 is 28.8 Å². The van der Waals surface area contributed by atoms with Crippen molar-refractivity contribution in [1.29, 1.82) is 10.5 Å². The third-order valence-electron chi connectivity index (χ3n) is 3.65. The molecule has 2 aromatic rings. The van der Waals surface area contributed by atoms with Crippen LogP contribution in [0.4, 0.5) is 22.0 Å². The molecule has 2 rings (SSSR count). The molecule has 11 heteroatoms. The van der Waals surface area contributed by atoms with Gasteiger partial charge in [0.1, 0.15) is 17.3 Å². The van der Waals surface area contributed by atoms with Crippen molar-refractivity contribution in [2.24, 2.45) is 0 Å². The van der Waals surface area contributed by atoms with Gasteiger partial charge < -0.3 is 10.1 Å². The van der Waals surface area contributed by atoms with Gasteiger partial charge >= 0.3 is 0 Å². The molecule has 0 saturated heterocycles. The summed E-state index contributed by atoms with van der Waals surface area (Å²) >= 11 is 10.7. The highest BCUT2D eigenvalue weighted by molar-refractivity contribution is 7.80. The van der Waals surface area contributed by atoms with Gasteiger partial charge in [0.05, 0.1) is 28.3 Å². The summed E-state index contributed by atoms with van der Waals surface area (Å²) in [6.45, 7) is 0.723. The Morgan fingerprint density at radius 3 is 2.17 bits per heavy atom. The molecule has 0 radical (unpaired) electrons. The predicted molar refractivity (Wildman–Crippen MR) is 96.7 cm³/mol. The average Bonchev–Trinajstić information content (AvgIpc) is 2.70. The van der Waals surface area contributed by atoms with Crippen LogP contribution < -0.4 is 10.1 Å². The summed E-state index contributed by atoms with van der Waals surface area (Å²) in [5.41, 5.74) is -2.90. The first-order valence-electron chi connectivity index (χ1n) is 7.62. The molecule has 1 atom stereocenters. The molecule has 0 bridgehead atoms. The first-order chi connectivity index (χ1) is 13.5. The van der Waals surface area contributed by atoms with Crippen LogP contribution in [-0.2, 0) is 0 Å². The summed E-state index contributed by atoms with van der Waals surface area (Å²) in [6.07, 6.45) is 0. The van der Waals surface area contributed by atoms with Gasteiger partial charge in [0, 0.05) is 0 Å². The van der Waals surface area contributed by atoms with Crippen molar-refractivity contribution in [1.82, 2.24) is 5.32 Å². The third-order valence-corrected chi connectivity index (χ3v) is 4.27. The number of hydrogen-bond donors (Lipinski definition) is 1. The summed E-state index contributed by atoms with van der Waals surface area (Å²) in [6, 6.07) is 7.70. The number of thiocarbonyl (C=S) groups is 1. The normalized spacial score (nSPS) is 12.4. The molecule has 0 aliphatic carbocycles. The highest BCUT2D eigenvalue weighted by atomic mass is 35.5. The van der Waals surface area contributed by atoms with Gasteiger partial charge in [0.15, 0.2) is 28.8 Å².